The van der Waals surface area contributed by atoms with E-state index in [1.807, 2.05) is 0 Å². The molecule has 0 fully saturated rings. The number of anilines is 2. The Balaban J connectivity index is 1.75. The first kappa shape index (κ1) is 18.4. The molecule has 0 bridgehead atoms. The number of pyridine rings is 1. The van der Waals surface area contributed by atoms with Gasteiger partial charge < -0.3 is 15.4 Å². The SMILES string of the molecule is COc1cccc(NC(=O)c2cncc(C(=O)Nc3ccccc3Cl)c2)c1. The Hall–Kier alpha value is -3.38. The second kappa shape index (κ2) is 8.33. The first-order valence-electron chi connectivity index (χ1n) is 8.03. The number of ether oxygens (including phenoxy) is 1. The predicted octanol–water partition coefficient (Wildman–Crippen LogP) is 4.25. The molecule has 0 atom stereocenters. The van der Waals surface area contributed by atoms with Gasteiger partial charge in [0, 0.05) is 24.1 Å². The van der Waals surface area contributed by atoms with Gasteiger partial charge in [-0.1, -0.05) is 29.8 Å². The van der Waals surface area contributed by atoms with Crippen LogP contribution in [0, 0.1) is 0 Å². The van der Waals surface area contributed by atoms with Gasteiger partial charge in [-0.3, -0.25) is 14.6 Å². The van der Waals surface area contributed by atoms with Crippen molar-refractivity contribution in [2.24, 2.45) is 0 Å². The van der Waals surface area contributed by atoms with E-state index in [1.165, 1.54) is 18.5 Å². The van der Waals surface area contributed by atoms with Crippen molar-refractivity contribution in [1.29, 1.82) is 0 Å². The lowest BCUT2D eigenvalue weighted by molar-refractivity contribution is 0.102. The smallest absolute Gasteiger partial charge is 0.257 e. The van der Waals surface area contributed by atoms with E-state index in [2.05, 4.69) is 15.6 Å². The van der Waals surface area contributed by atoms with Crippen molar-refractivity contribution in [3.8, 4) is 5.75 Å². The van der Waals surface area contributed by atoms with E-state index in [0.29, 0.717) is 22.1 Å². The first-order chi connectivity index (χ1) is 13.1. The van der Waals surface area contributed by atoms with Crippen molar-refractivity contribution in [1.82, 2.24) is 4.98 Å². The van der Waals surface area contributed by atoms with Crippen molar-refractivity contribution in [2.45, 2.75) is 0 Å². The fraction of sp³-hybridized carbons (Fsp3) is 0.0500. The molecule has 0 unspecified atom stereocenters. The third-order valence-electron chi connectivity index (χ3n) is 3.71. The zero-order valence-corrected chi connectivity index (χ0v) is 15.2. The van der Waals surface area contributed by atoms with Gasteiger partial charge in [0.15, 0.2) is 0 Å². The van der Waals surface area contributed by atoms with Crippen LogP contribution in [0.5, 0.6) is 5.75 Å². The molecule has 0 radical (unpaired) electrons. The molecule has 6 nitrogen and oxygen atoms in total. The van der Waals surface area contributed by atoms with Gasteiger partial charge in [-0.15, -0.1) is 0 Å². The molecule has 7 heteroatoms. The van der Waals surface area contributed by atoms with Crippen LogP contribution in [0.25, 0.3) is 0 Å². The molecule has 136 valence electrons. The van der Waals surface area contributed by atoms with Crippen LogP contribution in [0.3, 0.4) is 0 Å². The fourth-order valence-electron chi connectivity index (χ4n) is 2.35. The molecule has 3 rings (SSSR count). The van der Waals surface area contributed by atoms with E-state index in [1.54, 1.807) is 55.6 Å². The van der Waals surface area contributed by atoms with Crippen LogP contribution in [0.4, 0.5) is 11.4 Å². The van der Waals surface area contributed by atoms with E-state index in [4.69, 9.17) is 16.3 Å². The summed E-state index contributed by atoms with van der Waals surface area (Å²) in [4.78, 5) is 28.9. The van der Waals surface area contributed by atoms with Crippen molar-refractivity contribution in [2.75, 3.05) is 17.7 Å². The number of benzene rings is 2. The Labute approximate surface area is 161 Å². The summed E-state index contributed by atoms with van der Waals surface area (Å²) < 4.78 is 5.13. The second-order valence-corrected chi connectivity index (χ2v) is 5.99. The van der Waals surface area contributed by atoms with Gasteiger partial charge in [0.1, 0.15) is 5.75 Å². The molecule has 3 aromatic rings. The van der Waals surface area contributed by atoms with Crippen LogP contribution in [0.15, 0.2) is 67.0 Å². The predicted molar refractivity (Wildman–Crippen MR) is 105 cm³/mol. The summed E-state index contributed by atoms with van der Waals surface area (Å²) in [7, 11) is 1.55. The summed E-state index contributed by atoms with van der Waals surface area (Å²) in [5.41, 5.74) is 1.55. The highest BCUT2D eigenvalue weighted by atomic mass is 35.5. The van der Waals surface area contributed by atoms with E-state index in [-0.39, 0.29) is 17.0 Å². The van der Waals surface area contributed by atoms with Gasteiger partial charge in [0.05, 0.1) is 28.9 Å². The molecule has 2 amide bonds. The summed E-state index contributed by atoms with van der Waals surface area (Å²) in [5, 5.41) is 5.87. The van der Waals surface area contributed by atoms with Crippen LogP contribution < -0.4 is 15.4 Å². The largest absolute Gasteiger partial charge is 0.497 e. The number of methoxy groups -OCH3 is 1. The van der Waals surface area contributed by atoms with Gasteiger partial charge >= 0.3 is 0 Å². The normalized spacial score (nSPS) is 10.1. The van der Waals surface area contributed by atoms with Crippen LogP contribution in [-0.2, 0) is 0 Å². The van der Waals surface area contributed by atoms with Crippen LogP contribution in [-0.4, -0.2) is 23.9 Å². The van der Waals surface area contributed by atoms with Gasteiger partial charge in [0.25, 0.3) is 11.8 Å². The number of halogens is 1. The minimum absolute atomic E-state index is 0.244. The maximum atomic E-state index is 12.5. The molecule has 2 aromatic carbocycles. The van der Waals surface area contributed by atoms with Crippen LogP contribution in [0.1, 0.15) is 20.7 Å². The number of nitrogens with one attached hydrogen (secondary N) is 2. The quantitative estimate of drug-likeness (QED) is 0.692. The molecule has 0 saturated carbocycles. The number of rotatable bonds is 5. The second-order valence-electron chi connectivity index (χ2n) is 5.58. The number of hydrogen-bond donors (Lipinski definition) is 2. The number of hydrogen-bond acceptors (Lipinski definition) is 4. The number of amides is 2. The molecule has 0 aliphatic heterocycles. The van der Waals surface area contributed by atoms with Crippen molar-refractivity contribution < 1.29 is 14.3 Å². The lowest BCUT2D eigenvalue weighted by Gasteiger charge is -2.09. The van der Waals surface area contributed by atoms with Gasteiger partial charge in [-0.05, 0) is 30.3 Å². The number of carbonyl (C=O) groups excluding carboxylic acids is 2. The maximum absolute atomic E-state index is 12.5. The number of aromatic nitrogens is 1. The van der Waals surface area contributed by atoms with Crippen molar-refractivity contribution >= 4 is 34.8 Å². The van der Waals surface area contributed by atoms with E-state index < -0.39 is 5.91 Å². The van der Waals surface area contributed by atoms with E-state index >= 15 is 0 Å². The number of para-hydroxylation sites is 1. The molecule has 1 aromatic heterocycles. The Morgan fingerprint density at radius 1 is 0.926 bits per heavy atom. The highest BCUT2D eigenvalue weighted by Gasteiger charge is 2.13. The van der Waals surface area contributed by atoms with Crippen molar-refractivity contribution in [3.05, 3.63) is 83.1 Å². The van der Waals surface area contributed by atoms with Gasteiger partial charge in [0.2, 0.25) is 0 Å². The molecular formula is C20H16ClN3O3. The lowest BCUT2D eigenvalue weighted by Crippen LogP contribution is -2.16. The maximum Gasteiger partial charge on any atom is 0.257 e. The highest BCUT2D eigenvalue weighted by Crippen LogP contribution is 2.21. The monoisotopic (exact) mass is 381 g/mol. The summed E-state index contributed by atoms with van der Waals surface area (Å²) >= 11 is 6.05. The standard InChI is InChI=1S/C20H16ClN3O3/c1-27-16-6-4-5-15(10-16)23-19(25)13-9-14(12-22-11-13)20(26)24-18-8-3-2-7-17(18)21/h2-12H,1H3,(H,23,25)(H,24,26). The average molecular weight is 382 g/mol. The van der Waals surface area contributed by atoms with Crippen LogP contribution >= 0.6 is 11.6 Å². The number of nitrogens with zero attached hydrogens (tertiary/aromatic N) is 1. The van der Waals surface area contributed by atoms with Crippen LogP contribution in [0.2, 0.25) is 5.02 Å². The zero-order chi connectivity index (χ0) is 19.2. The number of carbonyl (C=O) groups is 2. The molecule has 1 heterocycles. The van der Waals surface area contributed by atoms with E-state index in [0.717, 1.165) is 0 Å². The average Bonchev–Trinajstić information content (AvgIpc) is 2.70. The molecular weight excluding hydrogens is 366 g/mol. The van der Waals surface area contributed by atoms with Gasteiger partial charge in [-0.25, -0.2) is 0 Å². The molecule has 0 aliphatic rings. The Morgan fingerprint density at radius 2 is 1.63 bits per heavy atom. The minimum Gasteiger partial charge on any atom is -0.497 e. The first-order valence-corrected chi connectivity index (χ1v) is 8.41. The third kappa shape index (κ3) is 4.62. The Morgan fingerprint density at radius 3 is 2.33 bits per heavy atom. The zero-order valence-electron chi connectivity index (χ0n) is 14.4. The topological polar surface area (TPSA) is 80.3 Å². The lowest BCUT2D eigenvalue weighted by atomic mass is 10.1. The molecule has 0 aliphatic carbocycles. The molecule has 0 saturated heterocycles. The Bertz CT molecular complexity index is 991. The molecule has 27 heavy (non-hydrogen) atoms. The summed E-state index contributed by atoms with van der Waals surface area (Å²) in [6, 6.07) is 15.3. The highest BCUT2D eigenvalue weighted by molar-refractivity contribution is 6.33. The van der Waals surface area contributed by atoms with E-state index in [9.17, 15) is 9.59 Å². The molecule has 0 spiro atoms. The minimum atomic E-state index is -0.411. The van der Waals surface area contributed by atoms with Crippen molar-refractivity contribution in [3.63, 3.8) is 0 Å². The molecule has 2 N–H and O–H groups in total. The summed E-state index contributed by atoms with van der Waals surface area (Å²) in [6.45, 7) is 0. The Kier molecular flexibility index (Phi) is 5.68. The third-order valence-corrected chi connectivity index (χ3v) is 4.04. The fourth-order valence-corrected chi connectivity index (χ4v) is 2.53. The summed E-state index contributed by atoms with van der Waals surface area (Å²) in [6.07, 6.45) is 2.77. The summed E-state index contributed by atoms with van der Waals surface area (Å²) in [5.74, 6) is -0.173. The van der Waals surface area contributed by atoms with Gasteiger partial charge in [-0.2, -0.15) is 0 Å².